The molecule has 0 aliphatic heterocycles. The maximum atomic E-state index is 11.9. The van der Waals surface area contributed by atoms with E-state index < -0.39 is 31.4 Å². The predicted octanol–water partition coefficient (Wildman–Crippen LogP) is 1.77. The summed E-state index contributed by atoms with van der Waals surface area (Å²) in [6.07, 6.45) is 5.44. The monoisotopic (exact) mass is 315 g/mol. The zero-order valence-corrected chi connectivity index (χ0v) is 12.4. The Balaban J connectivity index is 2.71. The highest BCUT2D eigenvalue weighted by molar-refractivity contribution is 7.90. The molecule has 1 heterocycles. The molecule has 0 bridgehead atoms. The summed E-state index contributed by atoms with van der Waals surface area (Å²) in [6, 6.07) is 0.861. The first kappa shape index (κ1) is 17.0. The maximum absolute atomic E-state index is 11.9. The first-order valence-corrected chi connectivity index (χ1v) is 8.00. The van der Waals surface area contributed by atoms with Crippen LogP contribution in [-0.4, -0.2) is 24.2 Å². The Hall–Kier alpha value is -2.03. The lowest BCUT2D eigenvalue weighted by atomic mass is 10.1. The quantitative estimate of drug-likeness (QED) is 0.443. The van der Waals surface area contributed by atoms with Gasteiger partial charge >= 0.3 is 0 Å². The average Bonchev–Trinajstić information content (AvgIpc) is 2.43. The summed E-state index contributed by atoms with van der Waals surface area (Å²) in [5, 5.41) is 10.6. The molecule has 1 amide bonds. The Morgan fingerprint density at radius 2 is 2.05 bits per heavy atom. The second-order valence-corrected chi connectivity index (χ2v) is 6.16. The number of pyridine rings is 1. The fourth-order valence-corrected chi connectivity index (χ4v) is 2.62. The number of nitrogens with one attached hydrogen (secondary N) is 1. The number of rotatable bonds is 8. The highest BCUT2D eigenvalue weighted by atomic mass is 32.2. The van der Waals surface area contributed by atoms with Crippen molar-refractivity contribution in [3.8, 4) is 0 Å². The topological polar surface area (TPSA) is 119 Å². The summed E-state index contributed by atoms with van der Waals surface area (Å²) < 4.78 is 25.7. The van der Waals surface area contributed by atoms with Crippen molar-refractivity contribution in [1.29, 1.82) is 0 Å². The van der Waals surface area contributed by atoms with Crippen molar-refractivity contribution in [3.05, 3.63) is 28.6 Å². The van der Waals surface area contributed by atoms with E-state index in [4.69, 9.17) is 0 Å². The van der Waals surface area contributed by atoms with E-state index in [0.29, 0.717) is 6.42 Å². The van der Waals surface area contributed by atoms with Crippen molar-refractivity contribution in [2.45, 2.75) is 43.9 Å². The number of hydrogen-bond acceptors (Lipinski definition) is 6. The summed E-state index contributed by atoms with van der Waals surface area (Å²) in [5.41, 5.74) is -0.451. The molecule has 1 N–H and O–H groups in total. The van der Waals surface area contributed by atoms with Crippen LogP contribution in [0.25, 0.3) is 0 Å². The minimum atomic E-state index is -4.12. The van der Waals surface area contributed by atoms with Crippen LogP contribution < -0.4 is 4.72 Å². The van der Waals surface area contributed by atoms with Crippen LogP contribution in [0.4, 0.5) is 5.69 Å². The van der Waals surface area contributed by atoms with Crippen molar-refractivity contribution in [1.82, 2.24) is 9.71 Å². The normalized spacial score (nSPS) is 11.1. The number of amides is 1. The molecule has 0 aromatic carbocycles. The average molecular weight is 315 g/mol. The summed E-state index contributed by atoms with van der Waals surface area (Å²) in [7, 11) is -4.12. The molecule has 21 heavy (non-hydrogen) atoms. The number of aromatic nitrogens is 1. The Bertz CT molecular complexity index is 615. The third kappa shape index (κ3) is 5.46. The van der Waals surface area contributed by atoms with Crippen LogP contribution in [0, 0.1) is 10.1 Å². The van der Waals surface area contributed by atoms with Gasteiger partial charge in [0.1, 0.15) is 11.1 Å². The molecule has 9 heteroatoms. The number of carbonyl (C=O) groups excluding carboxylic acids is 1. The van der Waals surface area contributed by atoms with E-state index in [9.17, 15) is 23.3 Å². The van der Waals surface area contributed by atoms with Crippen LogP contribution in [0.2, 0.25) is 0 Å². The first-order chi connectivity index (χ1) is 9.86. The van der Waals surface area contributed by atoms with Crippen LogP contribution in [0.3, 0.4) is 0 Å². The van der Waals surface area contributed by atoms with Crippen LogP contribution in [-0.2, 0) is 14.8 Å². The molecule has 0 saturated heterocycles. The second-order valence-electron chi connectivity index (χ2n) is 4.48. The molecular weight excluding hydrogens is 298 g/mol. The Labute approximate surface area is 122 Å². The molecule has 0 aliphatic carbocycles. The zero-order valence-electron chi connectivity index (χ0n) is 11.6. The van der Waals surface area contributed by atoms with Gasteiger partial charge in [-0.15, -0.1) is 0 Å². The van der Waals surface area contributed by atoms with E-state index in [-0.39, 0.29) is 6.42 Å². The van der Waals surface area contributed by atoms with Gasteiger partial charge in [-0.2, -0.15) is 0 Å². The van der Waals surface area contributed by atoms with Gasteiger partial charge in [-0.25, -0.2) is 13.1 Å². The van der Waals surface area contributed by atoms with E-state index in [1.54, 1.807) is 0 Å². The Kier molecular flexibility index (Phi) is 6.22. The molecule has 0 unspecified atom stereocenters. The van der Waals surface area contributed by atoms with Gasteiger partial charge in [0.15, 0.2) is 0 Å². The number of carbonyl (C=O) groups is 1. The number of hydrogen-bond donors (Lipinski definition) is 1. The third-order valence-corrected chi connectivity index (χ3v) is 4.07. The van der Waals surface area contributed by atoms with Crippen molar-refractivity contribution < 1.29 is 18.1 Å². The first-order valence-electron chi connectivity index (χ1n) is 6.52. The predicted molar refractivity (Wildman–Crippen MR) is 75.0 cm³/mol. The molecular formula is C12H17N3O5S. The van der Waals surface area contributed by atoms with Gasteiger partial charge in [-0.1, -0.05) is 26.2 Å². The zero-order chi connectivity index (χ0) is 15.9. The molecule has 0 atom stereocenters. The Morgan fingerprint density at radius 3 is 2.67 bits per heavy atom. The number of unbranched alkanes of at least 4 members (excludes halogenated alkanes) is 3. The van der Waals surface area contributed by atoms with E-state index in [0.717, 1.165) is 37.7 Å². The van der Waals surface area contributed by atoms with Crippen molar-refractivity contribution in [2.24, 2.45) is 0 Å². The smallest absolute Gasteiger partial charge is 0.274 e. The molecule has 116 valence electrons. The molecule has 0 radical (unpaired) electrons. The van der Waals surface area contributed by atoms with Gasteiger partial charge in [-0.05, 0) is 6.42 Å². The third-order valence-electron chi connectivity index (χ3n) is 2.73. The standard InChI is InChI=1S/C12H17N3O5S/c1-2-3-4-5-6-12(16)14-21(19,20)11-7-10(15(17)18)8-13-9-11/h7-9H,2-6H2,1H3,(H,14,16). The van der Waals surface area contributed by atoms with Gasteiger partial charge < -0.3 is 0 Å². The highest BCUT2D eigenvalue weighted by Gasteiger charge is 2.20. The second kappa shape index (κ2) is 7.67. The highest BCUT2D eigenvalue weighted by Crippen LogP contribution is 2.15. The number of nitrogens with zero attached hydrogens (tertiary/aromatic N) is 2. The molecule has 1 rings (SSSR count). The van der Waals surface area contributed by atoms with Gasteiger partial charge in [0, 0.05) is 18.7 Å². The van der Waals surface area contributed by atoms with Crippen LogP contribution in [0.15, 0.2) is 23.4 Å². The summed E-state index contributed by atoms with van der Waals surface area (Å²) in [5.74, 6) is -0.627. The van der Waals surface area contributed by atoms with Crippen LogP contribution in [0.5, 0.6) is 0 Å². The van der Waals surface area contributed by atoms with Crippen molar-refractivity contribution in [3.63, 3.8) is 0 Å². The lowest BCUT2D eigenvalue weighted by molar-refractivity contribution is -0.385. The summed E-state index contributed by atoms with van der Waals surface area (Å²) >= 11 is 0. The fraction of sp³-hybridized carbons (Fsp3) is 0.500. The lowest BCUT2D eigenvalue weighted by Gasteiger charge is -2.06. The van der Waals surface area contributed by atoms with E-state index in [1.807, 2.05) is 11.6 Å². The largest absolute Gasteiger partial charge is 0.288 e. The minimum Gasteiger partial charge on any atom is -0.274 e. The fourth-order valence-electron chi connectivity index (χ4n) is 1.63. The minimum absolute atomic E-state index is 0.0988. The van der Waals surface area contributed by atoms with Crippen LogP contribution in [0.1, 0.15) is 39.0 Å². The van der Waals surface area contributed by atoms with Crippen molar-refractivity contribution in [2.75, 3.05) is 0 Å². The SMILES string of the molecule is CCCCCCC(=O)NS(=O)(=O)c1cncc([N+](=O)[O-])c1. The molecule has 0 aliphatic rings. The van der Waals surface area contributed by atoms with Gasteiger partial charge in [0.25, 0.3) is 15.7 Å². The molecule has 0 saturated carbocycles. The van der Waals surface area contributed by atoms with E-state index >= 15 is 0 Å². The summed E-state index contributed by atoms with van der Waals surface area (Å²) in [4.78, 5) is 24.5. The van der Waals surface area contributed by atoms with E-state index in [1.165, 1.54) is 0 Å². The maximum Gasteiger partial charge on any atom is 0.288 e. The molecule has 1 aromatic rings. The molecule has 0 fully saturated rings. The summed E-state index contributed by atoms with van der Waals surface area (Å²) in [6.45, 7) is 2.03. The molecule has 1 aromatic heterocycles. The number of nitro groups is 1. The van der Waals surface area contributed by atoms with Crippen LogP contribution >= 0.6 is 0 Å². The van der Waals surface area contributed by atoms with Gasteiger partial charge in [0.2, 0.25) is 5.91 Å². The molecule has 0 spiro atoms. The lowest BCUT2D eigenvalue weighted by Crippen LogP contribution is -2.30. The van der Waals surface area contributed by atoms with Gasteiger partial charge in [0.05, 0.1) is 4.92 Å². The number of sulfonamides is 1. The van der Waals surface area contributed by atoms with Crippen molar-refractivity contribution >= 4 is 21.6 Å². The Morgan fingerprint density at radius 1 is 1.33 bits per heavy atom. The molecule has 8 nitrogen and oxygen atoms in total. The van der Waals surface area contributed by atoms with E-state index in [2.05, 4.69) is 4.98 Å². The van der Waals surface area contributed by atoms with Gasteiger partial charge in [-0.3, -0.25) is 19.9 Å².